The zero-order valence-corrected chi connectivity index (χ0v) is 12.7. The Morgan fingerprint density at radius 3 is 2.50 bits per heavy atom. The first-order valence-corrected chi connectivity index (χ1v) is 6.60. The number of hydrogen-bond donors (Lipinski definition) is 2. The number of hydrogen-bond acceptors (Lipinski definition) is 6. The van der Waals surface area contributed by atoms with Crippen LogP contribution in [0.2, 0.25) is 0 Å². The predicted octanol–water partition coefficient (Wildman–Crippen LogP) is 1.30. The van der Waals surface area contributed by atoms with Gasteiger partial charge in [0.1, 0.15) is 5.69 Å². The summed E-state index contributed by atoms with van der Waals surface area (Å²) in [7, 11) is 0. The topological polar surface area (TPSA) is 123 Å². The molecule has 22 heavy (non-hydrogen) atoms. The average Bonchev–Trinajstić information content (AvgIpc) is 2.39. The summed E-state index contributed by atoms with van der Waals surface area (Å²) in [5.74, 6) is -1.33. The molecular formula is C13H18N4O5. The second kappa shape index (κ2) is 7.34. The van der Waals surface area contributed by atoms with Crippen LogP contribution in [0.5, 0.6) is 5.75 Å². The molecule has 120 valence electrons. The molecule has 3 amide bonds. The number of amides is 3. The van der Waals surface area contributed by atoms with Gasteiger partial charge in [-0.15, -0.1) is 0 Å². The van der Waals surface area contributed by atoms with Gasteiger partial charge in [0.25, 0.3) is 5.91 Å². The number of nitrogens with one attached hydrogen (secondary N) is 2. The van der Waals surface area contributed by atoms with Crippen molar-refractivity contribution in [3.8, 4) is 5.75 Å². The van der Waals surface area contributed by atoms with E-state index in [0.717, 1.165) is 0 Å². The number of carbonyl (C=O) groups excluding carboxylic acids is 2. The van der Waals surface area contributed by atoms with E-state index in [0.29, 0.717) is 5.69 Å². The Balaban J connectivity index is 2.76. The molecular weight excluding hydrogens is 292 g/mol. The summed E-state index contributed by atoms with van der Waals surface area (Å²) in [5.41, 5.74) is 0.451. The minimum absolute atomic E-state index is 0.133. The van der Waals surface area contributed by atoms with E-state index in [2.05, 4.69) is 15.6 Å². The quantitative estimate of drug-likeness (QED) is 0.624. The molecule has 0 saturated carbocycles. The highest BCUT2D eigenvalue weighted by Crippen LogP contribution is 2.25. The van der Waals surface area contributed by atoms with E-state index >= 15 is 0 Å². The molecule has 0 aliphatic rings. The van der Waals surface area contributed by atoms with Crippen LogP contribution in [0, 0.1) is 17.0 Å². The van der Waals surface area contributed by atoms with Crippen LogP contribution in [-0.2, 0) is 4.79 Å². The number of nitro groups is 1. The van der Waals surface area contributed by atoms with Crippen molar-refractivity contribution in [2.45, 2.75) is 39.8 Å². The van der Waals surface area contributed by atoms with Gasteiger partial charge in [0.2, 0.25) is 5.75 Å². The highest BCUT2D eigenvalue weighted by Gasteiger charge is 2.23. The number of urea groups is 1. The molecule has 9 nitrogen and oxygen atoms in total. The van der Waals surface area contributed by atoms with E-state index in [4.69, 9.17) is 4.74 Å². The van der Waals surface area contributed by atoms with Crippen molar-refractivity contribution in [3.63, 3.8) is 0 Å². The number of nitrogens with zero attached hydrogens (tertiary/aromatic N) is 2. The van der Waals surface area contributed by atoms with Crippen LogP contribution in [-0.4, -0.2) is 34.0 Å². The Morgan fingerprint density at radius 1 is 1.32 bits per heavy atom. The van der Waals surface area contributed by atoms with Crippen molar-refractivity contribution in [2.75, 3.05) is 0 Å². The van der Waals surface area contributed by atoms with Gasteiger partial charge in [-0.3, -0.25) is 10.1 Å². The lowest BCUT2D eigenvalue weighted by atomic mass is 10.3. The lowest BCUT2D eigenvalue weighted by Gasteiger charge is -2.15. The van der Waals surface area contributed by atoms with Crippen molar-refractivity contribution >= 4 is 17.8 Å². The largest absolute Gasteiger partial charge is 0.473 e. The number of rotatable bonds is 5. The van der Waals surface area contributed by atoms with Crippen LogP contribution >= 0.6 is 0 Å². The molecule has 1 aromatic rings. The van der Waals surface area contributed by atoms with Crippen molar-refractivity contribution in [2.24, 2.45) is 0 Å². The SMILES string of the molecule is Cc1ccc(O[C@H](C)C(=O)NC(=O)NC(C)C)c([N+](=O)[O-])n1. The zero-order valence-electron chi connectivity index (χ0n) is 12.7. The third-order valence-electron chi connectivity index (χ3n) is 2.48. The van der Waals surface area contributed by atoms with Crippen LogP contribution in [0.3, 0.4) is 0 Å². The molecule has 0 spiro atoms. The molecule has 2 N–H and O–H groups in total. The minimum atomic E-state index is -1.10. The summed E-state index contributed by atoms with van der Waals surface area (Å²) < 4.78 is 5.23. The molecule has 0 unspecified atom stereocenters. The van der Waals surface area contributed by atoms with Gasteiger partial charge >= 0.3 is 11.8 Å². The monoisotopic (exact) mass is 310 g/mol. The Morgan fingerprint density at radius 2 is 1.95 bits per heavy atom. The van der Waals surface area contributed by atoms with E-state index in [1.54, 1.807) is 20.8 Å². The number of pyridine rings is 1. The maximum atomic E-state index is 11.8. The number of carbonyl (C=O) groups is 2. The van der Waals surface area contributed by atoms with E-state index in [1.807, 2.05) is 0 Å². The fourth-order valence-corrected chi connectivity index (χ4v) is 1.51. The molecule has 1 aromatic heterocycles. The molecule has 9 heteroatoms. The smallest absolute Gasteiger partial charge is 0.406 e. The van der Waals surface area contributed by atoms with E-state index in [1.165, 1.54) is 19.1 Å². The average molecular weight is 310 g/mol. The Kier molecular flexibility index (Phi) is 5.79. The normalized spacial score (nSPS) is 11.7. The van der Waals surface area contributed by atoms with Crippen molar-refractivity contribution < 1.29 is 19.2 Å². The lowest BCUT2D eigenvalue weighted by Crippen LogP contribution is -2.47. The van der Waals surface area contributed by atoms with E-state index in [9.17, 15) is 19.7 Å². The number of ether oxygens (including phenoxy) is 1. The summed E-state index contributed by atoms with van der Waals surface area (Å²) in [6, 6.07) is 2.09. The van der Waals surface area contributed by atoms with Crippen molar-refractivity contribution in [3.05, 3.63) is 27.9 Å². The first-order chi connectivity index (χ1) is 10.2. The fourth-order valence-electron chi connectivity index (χ4n) is 1.51. The molecule has 1 heterocycles. The molecule has 1 atom stereocenters. The second-order valence-electron chi connectivity index (χ2n) is 4.91. The molecule has 0 aliphatic heterocycles. The van der Waals surface area contributed by atoms with Crippen LogP contribution in [0.1, 0.15) is 26.5 Å². The Labute approximate surface area is 127 Å². The fraction of sp³-hybridized carbons (Fsp3) is 0.462. The summed E-state index contributed by atoms with van der Waals surface area (Å²) >= 11 is 0. The molecule has 0 radical (unpaired) electrons. The maximum Gasteiger partial charge on any atom is 0.406 e. The maximum absolute atomic E-state index is 11.8. The highest BCUT2D eigenvalue weighted by molar-refractivity contribution is 5.96. The van der Waals surface area contributed by atoms with Gasteiger partial charge in [-0.2, -0.15) is 0 Å². The number of aryl methyl sites for hydroxylation is 1. The van der Waals surface area contributed by atoms with Gasteiger partial charge in [-0.05, 0) is 42.8 Å². The summed E-state index contributed by atoms with van der Waals surface area (Å²) in [5, 5.41) is 15.5. The number of aromatic nitrogens is 1. The Bertz CT molecular complexity index is 588. The van der Waals surface area contributed by atoms with Gasteiger partial charge in [0.05, 0.1) is 0 Å². The lowest BCUT2D eigenvalue weighted by molar-refractivity contribution is -0.390. The first-order valence-electron chi connectivity index (χ1n) is 6.60. The zero-order chi connectivity index (χ0) is 16.9. The molecule has 0 saturated heterocycles. The van der Waals surface area contributed by atoms with Crippen molar-refractivity contribution in [1.82, 2.24) is 15.6 Å². The molecule has 0 bridgehead atoms. The minimum Gasteiger partial charge on any atom is -0.473 e. The second-order valence-corrected chi connectivity index (χ2v) is 4.91. The molecule has 0 aliphatic carbocycles. The summed E-state index contributed by atoms with van der Waals surface area (Å²) in [6.45, 7) is 6.46. The van der Waals surface area contributed by atoms with Gasteiger partial charge in [-0.1, -0.05) is 0 Å². The Hall–Kier alpha value is -2.71. The van der Waals surface area contributed by atoms with Crippen LogP contribution in [0.25, 0.3) is 0 Å². The first kappa shape index (κ1) is 17.3. The van der Waals surface area contributed by atoms with Crippen LogP contribution in [0.15, 0.2) is 12.1 Å². The molecule has 0 aromatic carbocycles. The van der Waals surface area contributed by atoms with Gasteiger partial charge in [-0.25, -0.2) is 4.79 Å². The molecule has 1 rings (SSSR count). The van der Waals surface area contributed by atoms with E-state index < -0.39 is 28.8 Å². The van der Waals surface area contributed by atoms with Crippen LogP contribution in [0.4, 0.5) is 10.6 Å². The van der Waals surface area contributed by atoms with Gasteiger partial charge < -0.3 is 20.2 Å². The van der Waals surface area contributed by atoms with Crippen LogP contribution < -0.4 is 15.4 Å². The van der Waals surface area contributed by atoms with E-state index in [-0.39, 0.29) is 11.8 Å². The molecule has 0 fully saturated rings. The van der Waals surface area contributed by atoms with Crippen molar-refractivity contribution in [1.29, 1.82) is 0 Å². The van der Waals surface area contributed by atoms with Gasteiger partial charge in [0, 0.05) is 13.0 Å². The third-order valence-corrected chi connectivity index (χ3v) is 2.48. The summed E-state index contributed by atoms with van der Waals surface area (Å²) in [6.07, 6.45) is -1.10. The number of imide groups is 1. The van der Waals surface area contributed by atoms with Gasteiger partial charge in [0.15, 0.2) is 6.10 Å². The standard InChI is InChI=1S/C13H18N4O5/c1-7(2)14-13(19)16-12(18)9(4)22-10-6-5-8(3)15-11(10)17(20)21/h5-7,9H,1-4H3,(H2,14,16,18,19)/t9-/m1/s1. The predicted molar refractivity (Wildman–Crippen MR) is 77.5 cm³/mol. The summed E-state index contributed by atoms with van der Waals surface area (Å²) in [4.78, 5) is 37.2. The third kappa shape index (κ3) is 5.00. The highest BCUT2D eigenvalue weighted by atomic mass is 16.6.